The summed E-state index contributed by atoms with van der Waals surface area (Å²) >= 11 is 13.8. The molecule has 0 fully saturated rings. The van der Waals surface area contributed by atoms with Gasteiger partial charge in [0.05, 0.1) is 22.0 Å². The van der Waals surface area contributed by atoms with Gasteiger partial charge in [-0.3, -0.25) is 9.36 Å². The van der Waals surface area contributed by atoms with Crippen LogP contribution >= 0.6 is 35.0 Å². The molecule has 1 aromatic heterocycles. The molecule has 0 saturated carbocycles. The van der Waals surface area contributed by atoms with Gasteiger partial charge in [-0.2, -0.15) is 0 Å². The highest BCUT2D eigenvalue weighted by atomic mass is 35.5. The number of fused-ring (bicyclic) bond motifs is 2. The van der Waals surface area contributed by atoms with E-state index in [4.69, 9.17) is 23.2 Å². The maximum atomic E-state index is 12.8. The monoisotopic (exact) mass is 377 g/mol. The van der Waals surface area contributed by atoms with Crippen LogP contribution < -0.4 is 10.9 Å². The SMILES string of the molecule is O=c1c2ccccc2nc2n1[C@H](CSc1ccc(Cl)cc1Cl)CN2. The summed E-state index contributed by atoms with van der Waals surface area (Å²) in [5, 5.41) is 5.11. The minimum Gasteiger partial charge on any atom is -0.353 e. The lowest BCUT2D eigenvalue weighted by Crippen LogP contribution is -2.24. The second-order valence-electron chi connectivity index (χ2n) is 5.55. The molecular weight excluding hydrogens is 365 g/mol. The molecule has 3 aromatic rings. The minimum atomic E-state index is -0.00611. The summed E-state index contributed by atoms with van der Waals surface area (Å²) < 4.78 is 1.75. The standard InChI is InChI=1S/C17H13Cl2N3OS/c18-10-5-6-15(13(19)7-10)24-9-11-8-20-17-21-14-4-2-1-3-12(14)16(23)22(11)17/h1-7,11H,8-9H2,(H,20,21)/t11-/m0/s1. The highest BCUT2D eigenvalue weighted by Crippen LogP contribution is 2.33. The van der Waals surface area contributed by atoms with Crippen LogP contribution in [0, 0.1) is 0 Å². The lowest BCUT2D eigenvalue weighted by atomic mass is 10.2. The van der Waals surface area contributed by atoms with Crippen LogP contribution in [0.15, 0.2) is 52.2 Å². The zero-order chi connectivity index (χ0) is 16.7. The Morgan fingerprint density at radius 3 is 2.92 bits per heavy atom. The van der Waals surface area contributed by atoms with Crippen molar-refractivity contribution >= 4 is 51.8 Å². The number of halogens is 2. The number of hydrogen-bond acceptors (Lipinski definition) is 4. The Kier molecular flexibility index (Phi) is 4.16. The van der Waals surface area contributed by atoms with Gasteiger partial charge in [-0.15, -0.1) is 11.8 Å². The van der Waals surface area contributed by atoms with Crippen molar-refractivity contribution in [2.75, 3.05) is 17.6 Å². The van der Waals surface area contributed by atoms with Crippen molar-refractivity contribution in [1.29, 1.82) is 0 Å². The molecule has 1 N–H and O–H groups in total. The summed E-state index contributed by atoms with van der Waals surface area (Å²) in [5.41, 5.74) is 0.712. The van der Waals surface area contributed by atoms with Crippen LogP contribution in [-0.4, -0.2) is 21.8 Å². The molecule has 0 radical (unpaired) electrons. The summed E-state index contributed by atoms with van der Waals surface area (Å²) in [5.74, 6) is 1.35. The Hall–Kier alpha value is -1.69. The molecule has 7 heteroatoms. The molecule has 0 aliphatic carbocycles. The Morgan fingerprint density at radius 1 is 1.25 bits per heavy atom. The quantitative estimate of drug-likeness (QED) is 0.684. The molecule has 4 nitrogen and oxygen atoms in total. The molecule has 0 unspecified atom stereocenters. The van der Waals surface area contributed by atoms with E-state index in [9.17, 15) is 4.79 Å². The topological polar surface area (TPSA) is 46.9 Å². The van der Waals surface area contributed by atoms with Crippen molar-refractivity contribution in [2.45, 2.75) is 10.9 Å². The van der Waals surface area contributed by atoms with Gasteiger partial charge in [0, 0.05) is 22.2 Å². The van der Waals surface area contributed by atoms with Crippen LogP contribution in [0.1, 0.15) is 6.04 Å². The molecule has 24 heavy (non-hydrogen) atoms. The van der Waals surface area contributed by atoms with Gasteiger partial charge in [-0.05, 0) is 30.3 Å². The minimum absolute atomic E-state index is 0.00611. The molecule has 0 spiro atoms. The highest BCUT2D eigenvalue weighted by Gasteiger charge is 2.25. The first-order valence-corrected chi connectivity index (χ1v) is 9.20. The van der Waals surface area contributed by atoms with Gasteiger partial charge in [0.2, 0.25) is 5.95 Å². The predicted octanol–water partition coefficient (Wildman–Crippen LogP) is 4.46. The number of hydrogen-bond donors (Lipinski definition) is 1. The molecular formula is C17H13Cl2N3OS. The fourth-order valence-corrected chi connectivity index (χ4v) is 4.39. The number of anilines is 1. The average molecular weight is 378 g/mol. The molecule has 0 saturated heterocycles. The number of nitrogens with zero attached hydrogens (tertiary/aromatic N) is 2. The lowest BCUT2D eigenvalue weighted by molar-refractivity contribution is 0.619. The fourth-order valence-electron chi connectivity index (χ4n) is 2.82. The molecule has 2 heterocycles. The number of para-hydroxylation sites is 1. The third-order valence-corrected chi connectivity index (χ3v) is 5.87. The van der Waals surface area contributed by atoms with E-state index in [1.54, 1.807) is 22.4 Å². The lowest BCUT2D eigenvalue weighted by Gasteiger charge is -2.13. The number of rotatable bonds is 3. The Bertz CT molecular complexity index is 989. The number of nitrogens with one attached hydrogen (secondary N) is 1. The molecule has 1 aliphatic heterocycles. The van der Waals surface area contributed by atoms with Crippen molar-refractivity contribution in [1.82, 2.24) is 9.55 Å². The van der Waals surface area contributed by atoms with Crippen LogP contribution in [0.25, 0.3) is 10.9 Å². The first-order chi connectivity index (χ1) is 11.6. The van der Waals surface area contributed by atoms with Crippen molar-refractivity contribution < 1.29 is 0 Å². The van der Waals surface area contributed by atoms with Crippen LogP contribution in [-0.2, 0) is 0 Å². The van der Waals surface area contributed by atoms with Crippen LogP contribution in [0.3, 0.4) is 0 Å². The van der Waals surface area contributed by atoms with Crippen LogP contribution in [0.2, 0.25) is 10.0 Å². The normalized spacial score (nSPS) is 16.2. The summed E-state index contributed by atoms with van der Waals surface area (Å²) in [6.07, 6.45) is 0. The van der Waals surface area contributed by atoms with E-state index in [0.29, 0.717) is 27.9 Å². The second-order valence-corrected chi connectivity index (χ2v) is 7.45. The smallest absolute Gasteiger partial charge is 0.263 e. The summed E-state index contributed by atoms with van der Waals surface area (Å²) in [6, 6.07) is 12.9. The maximum Gasteiger partial charge on any atom is 0.263 e. The van der Waals surface area contributed by atoms with Gasteiger partial charge in [0.15, 0.2) is 0 Å². The van der Waals surface area contributed by atoms with Crippen molar-refractivity contribution in [3.8, 4) is 0 Å². The zero-order valence-corrected chi connectivity index (χ0v) is 14.8. The first kappa shape index (κ1) is 15.8. The third kappa shape index (κ3) is 2.77. The van der Waals surface area contributed by atoms with Gasteiger partial charge >= 0.3 is 0 Å². The summed E-state index contributed by atoms with van der Waals surface area (Å²) in [7, 11) is 0. The first-order valence-electron chi connectivity index (χ1n) is 7.46. The van der Waals surface area contributed by atoms with E-state index in [1.165, 1.54) is 0 Å². The molecule has 122 valence electrons. The Balaban J connectivity index is 1.64. The van der Waals surface area contributed by atoms with Crippen LogP contribution in [0.5, 0.6) is 0 Å². The number of aromatic nitrogens is 2. The Labute approximate surface area is 152 Å². The molecule has 0 amide bonds. The van der Waals surface area contributed by atoms with Gasteiger partial charge in [-0.25, -0.2) is 4.98 Å². The van der Waals surface area contributed by atoms with E-state index in [1.807, 2.05) is 36.4 Å². The molecule has 1 atom stereocenters. The van der Waals surface area contributed by atoms with E-state index in [-0.39, 0.29) is 11.6 Å². The zero-order valence-electron chi connectivity index (χ0n) is 12.5. The number of thioether (sulfide) groups is 1. The van der Waals surface area contributed by atoms with Gasteiger partial charge < -0.3 is 5.32 Å². The van der Waals surface area contributed by atoms with Crippen LogP contribution in [0.4, 0.5) is 5.95 Å². The van der Waals surface area contributed by atoms with E-state index < -0.39 is 0 Å². The third-order valence-electron chi connectivity index (χ3n) is 3.99. The Morgan fingerprint density at radius 2 is 2.08 bits per heavy atom. The molecule has 4 rings (SSSR count). The van der Waals surface area contributed by atoms with Crippen molar-refractivity contribution in [3.05, 3.63) is 62.9 Å². The van der Waals surface area contributed by atoms with Gasteiger partial charge in [0.25, 0.3) is 5.56 Å². The van der Waals surface area contributed by atoms with Crippen molar-refractivity contribution in [3.63, 3.8) is 0 Å². The summed E-state index contributed by atoms with van der Waals surface area (Å²) in [6.45, 7) is 0.677. The summed E-state index contributed by atoms with van der Waals surface area (Å²) in [4.78, 5) is 18.3. The van der Waals surface area contributed by atoms with E-state index >= 15 is 0 Å². The molecule has 0 bridgehead atoms. The van der Waals surface area contributed by atoms with Crippen molar-refractivity contribution in [2.24, 2.45) is 0 Å². The van der Waals surface area contributed by atoms with Gasteiger partial charge in [-0.1, -0.05) is 35.3 Å². The fraction of sp³-hybridized carbons (Fsp3) is 0.176. The second kappa shape index (κ2) is 6.31. The predicted molar refractivity (Wildman–Crippen MR) is 101 cm³/mol. The molecule has 1 aliphatic rings. The largest absolute Gasteiger partial charge is 0.353 e. The van der Waals surface area contributed by atoms with E-state index in [2.05, 4.69) is 10.3 Å². The maximum absolute atomic E-state index is 12.8. The highest BCUT2D eigenvalue weighted by molar-refractivity contribution is 7.99. The van der Waals surface area contributed by atoms with E-state index in [0.717, 1.165) is 16.2 Å². The average Bonchev–Trinajstić information content (AvgIpc) is 2.97. The van der Waals surface area contributed by atoms with Gasteiger partial charge in [0.1, 0.15) is 0 Å². The number of benzene rings is 2. The molecule has 2 aromatic carbocycles.